The summed E-state index contributed by atoms with van der Waals surface area (Å²) in [5, 5.41) is 4.19. The number of imide groups is 1. The van der Waals surface area contributed by atoms with E-state index < -0.39 is 5.37 Å². The summed E-state index contributed by atoms with van der Waals surface area (Å²) in [4.78, 5) is 26.7. The smallest absolute Gasteiger partial charge is 0.295 e. The normalized spacial score (nSPS) is 17.3. The number of nitrogens with one attached hydrogen (secondary N) is 1. The molecule has 1 heterocycles. The lowest BCUT2D eigenvalue weighted by atomic mass is 10.1. The first-order chi connectivity index (χ1) is 12.1. The Morgan fingerprint density at radius 2 is 1.64 bits per heavy atom. The van der Waals surface area contributed by atoms with Crippen LogP contribution in [0.3, 0.4) is 0 Å². The lowest BCUT2D eigenvalue weighted by Crippen LogP contribution is -2.34. The number of thioether (sulfide) groups is 1. The third-order valence-electron chi connectivity index (χ3n) is 4.01. The van der Waals surface area contributed by atoms with Crippen molar-refractivity contribution in [2.75, 3.05) is 10.2 Å². The molecule has 1 atom stereocenters. The average Bonchev–Trinajstić information content (AvgIpc) is 2.90. The molecule has 124 valence electrons. The van der Waals surface area contributed by atoms with Gasteiger partial charge in [0.05, 0.1) is 5.69 Å². The van der Waals surface area contributed by atoms with Crippen molar-refractivity contribution in [3.63, 3.8) is 0 Å². The fourth-order valence-corrected chi connectivity index (χ4v) is 4.27. The van der Waals surface area contributed by atoms with Crippen LogP contribution in [-0.4, -0.2) is 16.5 Å². The van der Waals surface area contributed by atoms with Crippen LogP contribution in [0.25, 0.3) is 10.8 Å². The first kappa shape index (κ1) is 16.4. The summed E-state index contributed by atoms with van der Waals surface area (Å²) in [6.07, 6.45) is 0. The molecule has 0 saturated carbocycles. The highest BCUT2D eigenvalue weighted by Crippen LogP contribution is 2.36. The van der Waals surface area contributed by atoms with E-state index in [1.165, 1.54) is 4.90 Å². The van der Waals surface area contributed by atoms with Crippen molar-refractivity contribution < 1.29 is 9.59 Å². The maximum absolute atomic E-state index is 12.9. The predicted octanol–water partition coefficient (Wildman–Crippen LogP) is 5.08. The van der Waals surface area contributed by atoms with E-state index in [1.54, 1.807) is 0 Å². The fraction of sp³-hybridized carbons (Fsp3) is 0.0526. The molecule has 2 amide bonds. The Morgan fingerprint density at radius 1 is 0.920 bits per heavy atom. The molecule has 0 aliphatic carbocycles. The largest absolute Gasteiger partial charge is 0.364 e. The first-order valence-electron chi connectivity index (χ1n) is 7.68. The van der Waals surface area contributed by atoms with Gasteiger partial charge >= 0.3 is 0 Å². The van der Waals surface area contributed by atoms with E-state index in [0.29, 0.717) is 5.69 Å². The SMILES string of the molecule is O=C1SC(Nc2ccccc2I)C(=O)N1c1cccc2ccccc12. The molecule has 25 heavy (non-hydrogen) atoms. The van der Waals surface area contributed by atoms with E-state index in [1.807, 2.05) is 66.7 Å². The molecule has 4 rings (SSSR count). The number of anilines is 2. The molecule has 1 aliphatic rings. The lowest BCUT2D eigenvalue weighted by Gasteiger charge is -2.17. The molecule has 0 radical (unpaired) electrons. The van der Waals surface area contributed by atoms with E-state index in [2.05, 4.69) is 27.9 Å². The first-order valence-corrected chi connectivity index (χ1v) is 9.64. The van der Waals surface area contributed by atoms with Crippen molar-refractivity contribution in [2.24, 2.45) is 0 Å². The summed E-state index contributed by atoms with van der Waals surface area (Å²) >= 11 is 3.22. The number of nitrogens with zero attached hydrogens (tertiary/aromatic N) is 1. The Hall–Kier alpha value is -2.06. The van der Waals surface area contributed by atoms with Gasteiger partial charge in [0.15, 0.2) is 5.37 Å². The molecule has 4 nitrogen and oxygen atoms in total. The minimum Gasteiger partial charge on any atom is -0.364 e. The van der Waals surface area contributed by atoms with Crippen LogP contribution in [0.15, 0.2) is 66.7 Å². The van der Waals surface area contributed by atoms with Crippen molar-refractivity contribution in [1.82, 2.24) is 0 Å². The van der Waals surface area contributed by atoms with Crippen LogP contribution in [0.4, 0.5) is 16.2 Å². The Bertz CT molecular complexity index is 987. The van der Waals surface area contributed by atoms with E-state index in [-0.39, 0.29) is 11.1 Å². The van der Waals surface area contributed by atoms with Gasteiger partial charge in [0.1, 0.15) is 0 Å². The van der Waals surface area contributed by atoms with Crippen LogP contribution in [0.2, 0.25) is 0 Å². The number of carbonyl (C=O) groups excluding carboxylic acids is 2. The monoisotopic (exact) mass is 460 g/mol. The predicted molar refractivity (Wildman–Crippen MR) is 111 cm³/mol. The second kappa shape index (κ2) is 6.68. The van der Waals surface area contributed by atoms with Gasteiger partial charge in [-0.15, -0.1) is 0 Å². The Kier molecular flexibility index (Phi) is 4.39. The number of benzene rings is 3. The Balaban J connectivity index is 1.69. The molecule has 1 unspecified atom stereocenters. The molecule has 1 fully saturated rings. The number of fused-ring (bicyclic) bond motifs is 1. The molecule has 3 aromatic rings. The van der Waals surface area contributed by atoms with Crippen LogP contribution >= 0.6 is 34.4 Å². The van der Waals surface area contributed by atoms with Gasteiger partial charge in [0.25, 0.3) is 11.1 Å². The second-order valence-corrected chi connectivity index (χ2v) is 7.78. The van der Waals surface area contributed by atoms with Crippen molar-refractivity contribution in [3.05, 3.63) is 70.3 Å². The zero-order chi connectivity index (χ0) is 17.4. The third-order valence-corrected chi connectivity index (χ3v) is 5.89. The van der Waals surface area contributed by atoms with Gasteiger partial charge in [-0.25, -0.2) is 4.90 Å². The Morgan fingerprint density at radius 3 is 2.48 bits per heavy atom. The number of amides is 2. The quantitative estimate of drug-likeness (QED) is 0.554. The lowest BCUT2D eigenvalue weighted by molar-refractivity contribution is -0.116. The minimum absolute atomic E-state index is 0.244. The van der Waals surface area contributed by atoms with Gasteiger partial charge in [-0.1, -0.05) is 48.5 Å². The second-order valence-electron chi connectivity index (χ2n) is 5.56. The van der Waals surface area contributed by atoms with E-state index >= 15 is 0 Å². The van der Waals surface area contributed by atoms with Crippen LogP contribution in [0, 0.1) is 3.57 Å². The highest BCUT2D eigenvalue weighted by Gasteiger charge is 2.41. The summed E-state index contributed by atoms with van der Waals surface area (Å²) in [6.45, 7) is 0. The number of rotatable bonds is 3. The maximum atomic E-state index is 12.9. The van der Waals surface area contributed by atoms with Gasteiger partial charge in [-0.2, -0.15) is 0 Å². The average molecular weight is 460 g/mol. The van der Waals surface area contributed by atoms with Crippen LogP contribution < -0.4 is 10.2 Å². The molecule has 6 heteroatoms. The topological polar surface area (TPSA) is 49.4 Å². The van der Waals surface area contributed by atoms with E-state index in [4.69, 9.17) is 0 Å². The highest BCUT2D eigenvalue weighted by molar-refractivity contribution is 14.1. The third kappa shape index (κ3) is 3.00. The van der Waals surface area contributed by atoms with Gasteiger partial charge in [0.2, 0.25) is 0 Å². The molecule has 1 aliphatic heterocycles. The Labute approximate surface area is 162 Å². The fourth-order valence-electron chi connectivity index (χ4n) is 2.84. The van der Waals surface area contributed by atoms with Crippen LogP contribution in [0.5, 0.6) is 0 Å². The summed E-state index contributed by atoms with van der Waals surface area (Å²) in [5.41, 5.74) is 1.48. The molecule has 3 aromatic carbocycles. The van der Waals surface area contributed by atoms with Crippen molar-refractivity contribution in [2.45, 2.75) is 5.37 Å². The highest BCUT2D eigenvalue weighted by atomic mass is 127. The van der Waals surface area contributed by atoms with Gasteiger partial charge in [0, 0.05) is 14.6 Å². The molecule has 0 spiro atoms. The zero-order valence-electron chi connectivity index (χ0n) is 13.0. The van der Waals surface area contributed by atoms with Crippen molar-refractivity contribution in [1.29, 1.82) is 0 Å². The van der Waals surface area contributed by atoms with Crippen molar-refractivity contribution >= 4 is 67.6 Å². The number of halogens is 1. The summed E-state index contributed by atoms with van der Waals surface area (Å²) < 4.78 is 1.00. The molecule has 1 saturated heterocycles. The summed E-state index contributed by atoms with van der Waals surface area (Å²) in [5.74, 6) is -0.244. The molecule has 1 N–H and O–H groups in total. The molecular weight excluding hydrogens is 447 g/mol. The van der Waals surface area contributed by atoms with Gasteiger partial charge in [-0.05, 0) is 57.9 Å². The minimum atomic E-state index is -0.623. The van der Waals surface area contributed by atoms with E-state index in [0.717, 1.165) is 31.8 Å². The molecule has 0 bridgehead atoms. The van der Waals surface area contributed by atoms with Gasteiger partial charge in [-0.3, -0.25) is 9.59 Å². The summed E-state index contributed by atoms with van der Waals surface area (Å²) in [6, 6.07) is 21.1. The summed E-state index contributed by atoms with van der Waals surface area (Å²) in [7, 11) is 0. The number of para-hydroxylation sites is 1. The molecular formula is C19H13IN2O2S. The van der Waals surface area contributed by atoms with Crippen LogP contribution in [-0.2, 0) is 4.79 Å². The number of carbonyl (C=O) groups is 2. The standard InChI is InChI=1S/C19H13IN2O2S/c20-14-9-3-4-10-15(14)21-17-18(23)22(19(24)25-17)16-11-5-7-12-6-1-2-8-13(12)16/h1-11,17,21H. The van der Waals surface area contributed by atoms with Crippen LogP contribution in [0.1, 0.15) is 0 Å². The maximum Gasteiger partial charge on any atom is 0.295 e. The zero-order valence-corrected chi connectivity index (χ0v) is 16.0. The van der Waals surface area contributed by atoms with Crippen molar-refractivity contribution in [3.8, 4) is 0 Å². The van der Waals surface area contributed by atoms with Gasteiger partial charge < -0.3 is 5.32 Å². The molecule has 0 aromatic heterocycles. The van der Waals surface area contributed by atoms with E-state index in [9.17, 15) is 9.59 Å². The number of hydrogen-bond acceptors (Lipinski definition) is 4. The number of hydrogen-bond donors (Lipinski definition) is 1.